The van der Waals surface area contributed by atoms with Crippen LogP contribution in [0.4, 0.5) is 4.39 Å². The van der Waals surface area contributed by atoms with Gasteiger partial charge in [0.15, 0.2) is 0 Å². The first kappa shape index (κ1) is 23.7. The number of aryl methyl sites for hydroxylation is 1. The molecule has 0 aliphatic rings. The summed E-state index contributed by atoms with van der Waals surface area (Å²) >= 11 is 1.55. The van der Waals surface area contributed by atoms with Gasteiger partial charge < -0.3 is 14.9 Å². The molecule has 0 bridgehead atoms. The molecule has 0 amide bonds. The van der Waals surface area contributed by atoms with E-state index in [1.54, 1.807) is 29.8 Å². The number of carboxylic acids is 1. The monoisotopic (exact) mass is 469 g/mol. The molecular weight excluding hydrogens is 449 g/mol. The van der Waals surface area contributed by atoms with Gasteiger partial charge in [-0.15, -0.1) is 11.3 Å². The van der Waals surface area contributed by atoms with Crippen LogP contribution in [0.25, 0.3) is 21.3 Å². The zero-order chi connectivity index (χ0) is 23.6. The standard InChI is InChI=1S/C22H18FN3O3S.CH2O2/c23-16-6-4-14(5-7-16)18-12-30-21-20(18)19(25-13-26-21)3-1-2-8-29-17-9-15(22(27)28)10-24-11-17;2-1-3/h4-7,9-13H,1-3,8H2,(H,27,28);1H,(H,2,3). The number of hydrogen-bond donors (Lipinski definition) is 2. The average Bonchev–Trinajstić information content (AvgIpc) is 3.25. The molecule has 10 heteroatoms. The third-order valence-corrected chi connectivity index (χ3v) is 5.53. The molecule has 0 spiro atoms. The molecule has 4 rings (SSSR count). The van der Waals surface area contributed by atoms with E-state index in [2.05, 4.69) is 15.0 Å². The first-order chi connectivity index (χ1) is 16.0. The number of benzene rings is 1. The van der Waals surface area contributed by atoms with Crippen molar-refractivity contribution in [1.29, 1.82) is 0 Å². The van der Waals surface area contributed by atoms with E-state index in [9.17, 15) is 9.18 Å². The minimum Gasteiger partial charge on any atom is -0.492 e. The second kappa shape index (κ2) is 11.6. The van der Waals surface area contributed by atoms with E-state index in [1.165, 1.54) is 30.6 Å². The van der Waals surface area contributed by atoms with Gasteiger partial charge in [0, 0.05) is 22.5 Å². The minimum absolute atomic E-state index is 0.0988. The number of pyridine rings is 1. The van der Waals surface area contributed by atoms with E-state index < -0.39 is 5.97 Å². The molecule has 0 saturated heterocycles. The Morgan fingerprint density at radius 1 is 1.15 bits per heavy atom. The molecule has 3 aromatic heterocycles. The number of hydrogen-bond acceptors (Lipinski definition) is 7. The Kier molecular flexibility index (Phi) is 8.36. The van der Waals surface area contributed by atoms with Crippen LogP contribution in [0.15, 0.2) is 54.4 Å². The highest BCUT2D eigenvalue weighted by molar-refractivity contribution is 7.17. The van der Waals surface area contributed by atoms with Crippen molar-refractivity contribution in [3.05, 3.63) is 71.5 Å². The normalized spacial score (nSPS) is 10.3. The van der Waals surface area contributed by atoms with Crippen molar-refractivity contribution < 1.29 is 28.9 Å². The number of carbonyl (C=O) groups is 2. The number of ether oxygens (including phenoxy) is 1. The molecule has 0 fully saturated rings. The third kappa shape index (κ3) is 6.30. The second-order valence-electron chi connectivity index (χ2n) is 6.78. The van der Waals surface area contributed by atoms with Gasteiger partial charge in [0.1, 0.15) is 22.7 Å². The molecule has 2 N–H and O–H groups in total. The summed E-state index contributed by atoms with van der Waals surface area (Å²) in [6.45, 7) is 0.202. The van der Waals surface area contributed by atoms with Crippen molar-refractivity contribution in [3.8, 4) is 16.9 Å². The van der Waals surface area contributed by atoms with E-state index in [-0.39, 0.29) is 17.9 Å². The molecule has 0 aliphatic carbocycles. The quantitative estimate of drug-likeness (QED) is 0.281. The number of halogens is 1. The van der Waals surface area contributed by atoms with Crippen LogP contribution < -0.4 is 4.74 Å². The predicted octanol–water partition coefficient (Wildman–Crippen LogP) is 4.69. The van der Waals surface area contributed by atoms with Crippen LogP contribution in [-0.4, -0.2) is 44.2 Å². The Morgan fingerprint density at radius 2 is 1.91 bits per heavy atom. The van der Waals surface area contributed by atoms with Crippen LogP contribution in [0.2, 0.25) is 0 Å². The van der Waals surface area contributed by atoms with Crippen molar-refractivity contribution in [1.82, 2.24) is 15.0 Å². The van der Waals surface area contributed by atoms with Crippen molar-refractivity contribution in [2.24, 2.45) is 0 Å². The molecule has 33 heavy (non-hydrogen) atoms. The maximum Gasteiger partial charge on any atom is 0.337 e. The topological polar surface area (TPSA) is 123 Å². The first-order valence-electron chi connectivity index (χ1n) is 9.89. The lowest BCUT2D eigenvalue weighted by molar-refractivity contribution is -0.122. The summed E-state index contributed by atoms with van der Waals surface area (Å²) in [7, 11) is 0. The number of fused-ring (bicyclic) bond motifs is 1. The van der Waals surface area contributed by atoms with Gasteiger partial charge in [0.05, 0.1) is 24.1 Å². The van der Waals surface area contributed by atoms with Crippen LogP contribution >= 0.6 is 11.3 Å². The van der Waals surface area contributed by atoms with E-state index in [1.807, 2.05) is 5.38 Å². The summed E-state index contributed by atoms with van der Waals surface area (Å²) in [6.07, 6.45) is 6.73. The number of nitrogens with zero attached hydrogens (tertiary/aromatic N) is 3. The van der Waals surface area contributed by atoms with E-state index >= 15 is 0 Å². The Morgan fingerprint density at radius 3 is 2.64 bits per heavy atom. The summed E-state index contributed by atoms with van der Waals surface area (Å²) in [5.74, 6) is -0.858. The lowest BCUT2D eigenvalue weighted by Crippen LogP contribution is -2.02. The lowest BCUT2D eigenvalue weighted by atomic mass is 10.0. The highest BCUT2D eigenvalue weighted by Crippen LogP contribution is 2.34. The highest BCUT2D eigenvalue weighted by atomic mass is 32.1. The average molecular weight is 469 g/mol. The molecular formula is C23H20FN3O5S. The maximum atomic E-state index is 13.3. The van der Waals surface area contributed by atoms with Crippen LogP contribution in [-0.2, 0) is 11.2 Å². The number of aromatic carboxylic acids is 1. The Bertz CT molecular complexity index is 1230. The molecule has 0 unspecified atom stereocenters. The smallest absolute Gasteiger partial charge is 0.337 e. The summed E-state index contributed by atoms with van der Waals surface area (Å²) in [4.78, 5) is 33.0. The maximum absolute atomic E-state index is 13.3. The van der Waals surface area contributed by atoms with E-state index in [0.29, 0.717) is 12.4 Å². The van der Waals surface area contributed by atoms with E-state index in [0.717, 1.165) is 46.3 Å². The summed E-state index contributed by atoms with van der Waals surface area (Å²) in [5, 5.41) is 18.9. The molecule has 3 heterocycles. The predicted molar refractivity (Wildman–Crippen MR) is 121 cm³/mol. The van der Waals surface area contributed by atoms with Gasteiger partial charge >= 0.3 is 5.97 Å². The van der Waals surface area contributed by atoms with Crippen LogP contribution in [0.5, 0.6) is 5.75 Å². The number of unbranched alkanes of at least 4 members (excludes halogenated alkanes) is 1. The lowest BCUT2D eigenvalue weighted by Gasteiger charge is -2.08. The van der Waals surface area contributed by atoms with Gasteiger partial charge in [0.25, 0.3) is 6.47 Å². The first-order valence-corrected chi connectivity index (χ1v) is 10.8. The van der Waals surface area contributed by atoms with Crippen molar-refractivity contribution in [2.75, 3.05) is 6.61 Å². The number of carboxylic acid groups (broad SMARTS) is 2. The SMILES string of the molecule is O=C(O)c1cncc(OCCCCc2ncnc3scc(-c4ccc(F)cc4)c23)c1.O=CO. The second-order valence-corrected chi connectivity index (χ2v) is 7.64. The molecule has 0 radical (unpaired) electrons. The molecule has 0 saturated carbocycles. The van der Waals surface area contributed by atoms with Gasteiger partial charge in [-0.1, -0.05) is 12.1 Å². The van der Waals surface area contributed by atoms with Gasteiger partial charge in [-0.3, -0.25) is 9.78 Å². The summed E-state index contributed by atoms with van der Waals surface area (Å²) in [5.41, 5.74) is 3.00. The van der Waals surface area contributed by atoms with Gasteiger partial charge in [-0.2, -0.15) is 0 Å². The number of rotatable bonds is 8. The Hall–Kier alpha value is -3.92. The van der Waals surface area contributed by atoms with Crippen molar-refractivity contribution in [2.45, 2.75) is 19.3 Å². The highest BCUT2D eigenvalue weighted by Gasteiger charge is 2.13. The third-order valence-electron chi connectivity index (χ3n) is 4.64. The van der Waals surface area contributed by atoms with Crippen LogP contribution in [0, 0.1) is 5.82 Å². The molecule has 1 aromatic carbocycles. The molecule has 0 aliphatic heterocycles. The zero-order valence-electron chi connectivity index (χ0n) is 17.3. The fourth-order valence-electron chi connectivity index (χ4n) is 3.17. The fraction of sp³-hybridized carbons (Fsp3) is 0.174. The molecule has 8 nitrogen and oxygen atoms in total. The largest absolute Gasteiger partial charge is 0.492 e. The molecule has 4 aromatic rings. The Labute approximate surface area is 192 Å². The molecule has 0 atom stereocenters. The van der Waals surface area contributed by atoms with Gasteiger partial charge in [0.2, 0.25) is 0 Å². The van der Waals surface area contributed by atoms with Crippen LogP contribution in [0.1, 0.15) is 28.9 Å². The fourth-order valence-corrected chi connectivity index (χ4v) is 4.10. The Balaban J connectivity index is 0.000000968. The summed E-state index contributed by atoms with van der Waals surface area (Å²) < 4.78 is 18.9. The number of thiophene rings is 1. The summed E-state index contributed by atoms with van der Waals surface area (Å²) in [6, 6.07) is 7.90. The van der Waals surface area contributed by atoms with Crippen LogP contribution in [0.3, 0.4) is 0 Å². The van der Waals surface area contributed by atoms with Crippen molar-refractivity contribution in [3.63, 3.8) is 0 Å². The molecule has 170 valence electrons. The van der Waals surface area contributed by atoms with Crippen molar-refractivity contribution >= 4 is 34.0 Å². The number of aromatic nitrogens is 3. The van der Waals surface area contributed by atoms with E-state index in [4.69, 9.17) is 19.7 Å². The van der Waals surface area contributed by atoms with Gasteiger partial charge in [-0.05, 0) is 43.0 Å². The minimum atomic E-state index is -1.03. The zero-order valence-corrected chi connectivity index (χ0v) is 18.2. The van der Waals surface area contributed by atoms with Gasteiger partial charge in [-0.25, -0.2) is 19.2 Å².